The van der Waals surface area contributed by atoms with Crippen molar-refractivity contribution < 1.29 is 18.1 Å². The monoisotopic (exact) mass is 471 g/mol. The first-order valence-electron chi connectivity index (χ1n) is 10.0. The second kappa shape index (κ2) is 10.9. The standard InChI is InChI=1S/C23H26FN5O3S/c1-14(2)22-19(13-25-15(3)26-16-8-7-9-18(10-16)33-24)27-28-29(22)17-11-20(30-4)23(32-6)21(12-17)31-5/h7-13H,1-6H3,(H,25,26)/b19-13+. The number of aliphatic imine (C=N–C) groups is 1. The zero-order valence-electron chi connectivity index (χ0n) is 19.3. The van der Waals surface area contributed by atoms with Gasteiger partial charge in [-0.2, -0.15) is 3.89 Å². The number of amidine groups is 1. The lowest BCUT2D eigenvalue weighted by atomic mass is 10.2. The van der Waals surface area contributed by atoms with E-state index in [1.165, 1.54) is 0 Å². The molecule has 0 bridgehead atoms. The molecule has 1 aromatic heterocycles. The first kappa shape index (κ1) is 24.1. The smallest absolute Gasteiger partial charge is 0.203 e. The Morgan fingerprint density at radius 2 is 1.76 bits per heavy atom. The molecule has 0 saturated carbocycles. The molecule has 174 valence electrons. The van der Waals surface area contributed by atoms with Crippen LogP contribution in [0.2, 0.25) is 0 Å². The third-order valence-electron chi connectivity index (χ3n) is 4.69. The Hall–Kier alpha value is -3.53. The molecule has 33 heavy (non-hydrogen) atoms. The SMILES string of the molecule is COc1cc(-n2nn/c(=C/N=C(C)Nc3cccc(SF)c3)c2=C(C)C)cc(OC)c1OC. The minimum Gasteiger partial charge on any atom is -0.493 e. The van der Waals surface area contributed by atoms with Crippen molar-refractivity contribution in [2.45, 2.75) is 25.7 Å². The van der Waals surface area contributed by atoms with Crippen LogP contribution in [0.3, 0.4) is 0 Å². The average Bonchev–Trinajstić information content (AvgIpc) is 3.26. The average molecular weight is 472 g/mol. The van der Waals surface area contributed by atoms with E-state index < -0.39 is 0 Å². The molecule has 3 rings (SSSR count). The van der Waals surface area contributed by atoms with Gasteiger partial charge in [0.15, 0.2) is 11.5 Å². The summed E-state index contributed by atoms with van der Waals surface area (Å²) >= 11 is 0.196. The summed E-state index contributed by atoms with van der Waals surface area (Å²) in [5.74, 6) is 2.15. The summed E-state index contributed by atoms with van der Waals surface area (Å²) in [6.45, 7) is 5.76. The number of nitrogens with one attached hydrogen (secondary N) is 1. The van der Waals surface area contributed by atoms with E-state index in [0.29, 0.717) is 39.0 Å². The second-order valence-electron chi connectivity index (χ2n) is 7.19. The van der Waals surface area contributed by atoms with Crippen molar-refractivity contribution >= 4 is 35.4 Å². The summed E-state index contributed by atoms with van der Waals surface area (Å²) in [5.41, 5.74) is 2.44. The summed E-state index contributed by atoms with van der Waals surface area (Å²) in [5, 5.41) is 13.2. The van der Waals surface area contributed by atoms with Gasteiger partial charge < -0.3 is 19.5 Å². The summed E-state index contributed by atoms with van der Waals surface area (Å²) in [4.78, 5) is 4.99. The van der Waals surface area contributed by atoms with Gasteiger partial charge in [-0.1, -0.05) is 11.3 Å². The molecule has 10 heteroatoms. The predicted octanol–water partition coefficient (Wildman–Crippen LogP) is 3.73. The number of aromatic nitrogens is 3. The molecule has 0 aliphatic rings. The van der Waals surface area contributed by atoms with E-state index in [0.717, 1.165) is 16.6 Å². The van der Waals surface area contributed by atoms with E-state index in [9.17, 15) is 3.89 Å². The zero-order valence-corrected chi connectivity index (χ0v) is 20.2. The first-order valence-corrected chi connectivity index (χ1v) is 10.7. The second-order valence-corrected chi connectivity index (χ2v) is 7.82. The number of nitrogens with zero attached hydrogens (tertiary/aromatic N) is 4. The van der Waals surface area contributed by atoms with Crippen molar-refractivity contribution in [2.75, 3.05) is 26.6 Å². The van der Waals surface area contributed by atoms with Gasteiger partial charge in [0.05, 0.1) is 50.7 Å². The third-order valence-corrected chi connectivity index (χ3v) is 5.12. The quantitative estimate of drug-likeness (QED) is 0.415. The fourth-order valence-corrected chi connectivity index (χ4v) is 3.54. The molecule has 8 nitrogen and oxygen atoms in total. The Balaban J connectivity index is 2.04. The highest BCUT2D eigenvalue weighted by atomic mass is 32.2. The Labute approximate surface area is 196 Å². The number of benzene rings is 2. The van der Waals surface area contributed by atoms with Gasteiger partial charge in [-0.05, 0) is 44.5 Å². The molecule has 0 atom stereocenters. The number of ether oxygens (including phenoxy) is 3. The lowest BCUT2D eigenvalue weighted by Crippen LogP contribution is -2.31. The van der Waals surface area contributed by atoms with Gasteiger partial charge in [0.2, 0.25) is 5.75 Å². The number of methoxy groups -OCH3 is 3. The van der Waals surface area contributed by atoms with E-state index in [1.807, 2.05) is 26.8 Å². The van der Waals surface area contributed by atoms with Gasteiger partial charge in [0.25, 0.3) is 0 Å². The molecule has 0 fully saturated rings. The molecule has 0 spiro atoms. The largest absolute Gasteiger partial charge is 0.493 e. The van der Waals surface area contributed by atoms with Crippen molar-refractivity contribution in [1.82, 2.24) is 15.0 Å². The van der Waals surface area contributed by atoms with Gasteiger partial charge in [0.1, 0.15) is 11.2 Å². The molecule has 0 amide bonds. The maximum Gasteiger partial charge on any atom is 0.203 e. The van der Waals surface area contributed by atoms with Gasteiger partial charge in [-0.15, -0.1) is 5.10 Å². The molecule has 0 radical (unpaired) electrons. The first-order chi connectivity index (χ1) is 15.9. The lowest BCUT2D eigenvalue weighted by Gasteiger charge is -2.14. The Morgan fingerprint density at radius 1 is 1.06 bits per heavy atom. The van der Waals surface area contributed by atoms with Crippen LogP contribution in [0, 0.1) is 0 Å². The minimum atomic E-state index is 0.196. The predicted molar refractivity (Wildman–Crippen MR) is 130 cm³/mol. The Bertz CT molecular complexity index is 1260. The van der Waals surface area contributed by atoms with Crippen molar-refractivity contribution in [3.8, 4) is 22.9 Å². The van der Waals surface area contributed by atoms with Gasteiger partial charge in [-0.3, -0.25) is 0 Å². The molecular weight excluding hydrogens is 445 g/mol. The highest BCUT2D eigenvalue weighted by Crippen LogP contribution is 2.38. The van der Waals surface area contributed by atoms with Crippen molar-refractivity contribution in [3.63, 3.8) is 0 Å². The van der Waals surface area contributed by atoms with Crippen LogP contribution in [-0.2, 0) is 0 Å². The highest BCUT2D eigenvalue weighted by molar-refractivity contribution is 7.94. The summed E-state index contributed by atoms with van der Waals surface area (Å²) in [6.07, 6.45) is 1.64. The molecule has 0 aliphatic carbocycles. The fourth-order valence-electron chi connectivity index (χ4n) is 3.24. The fraction of sp³-hybridized carbons (Fsp3) is 0.261. The summed E-state index contributed by atoms with van der Waals surface area (Å²) in [7, 11) is 4.68. The molecular formula is C23H26FN5O3S. The van der Waals surface area contributed by atoms with Crippen LogP contribution < -0.4 is 30.2 Å². The zero-order chi connectivity index (χ0) is 24.0. The maximum atomic E-state index is 12.8. The Kier molecular flexibility index (Phi) is 7.94. The van der Waals surface area contributed by atoms with E-state index in [1.54, 1.807) is 62.5 Å². The summed E-state index contributed by atoms with van der Waals surface area (Å²) < 4.78 is 30.9. The van der Waals surface area contributed by atoms with E-state index >= 15 is 0 Å². The number of anilines is 1. The van der Waals surface area contributed by atoms with E-state index in [4.69, 9.17) is 14.2 Å². The molecule has 1 heterocycles. The highest BCUT2D eigenvalue weighted by Gasteiger charge is 2.16. The van der Waals surface area contributed by atoms with Crippen LogP contribution in [0.1, 0.15) is 20.8 Å². The molecule has 0 unspecified atom stereocenters. The Morgan fingerprint density at radius 3 is 2.33 bits per heavy atom. The maximum absolute atomic E-state index is 12.8. The topological polar surface area (TPSA) is 82.8 Å². The van der Waals surface area contributed by atoms with Gasteiger partial charge in [-0.25, -0.2) is 9.67 Å². The summed E-state index contributed by atoms with van der Waals surface area (Å²) in [6, 6.07) is 10.6. The van der Waals surface area contributed by atoms with Crippen molar-refractivity contribution in [2.24, 2.45) is 4.99 Å². The normalized spacial score (nSPS) is 12.0. The van der Waals surface area contributed by atoms with Gasteiger partial charge in [0, 0.05) is 22.7 Å². The van der Waals surface area contributed by atoms with Crippen LogP contribution >= 0.6 is 12.1 Å². The third kappa shape index (κ3) is 5.46. The number of hydrogen-bond donors (Lipinski definition) is 1. The van der Waals surface area contributed by atoms with Crippen LogP contribution in [0.4, 0.5) is 9.57 Å². The molecule has 3 aromatic rings. The van der Waals surface area contributed by atoms with Crippen molar-refractivity contribution in [3.05, 3.63) is 47.1 Å². The van der Waals surface area contributed by atoms with Crippen LogP contribution in [-0.4, -0.2) is 42.2 Å². The molecule has 0 aliphatic heterocycles. The molecule has 1 N–H and O–H groups in total. The minimum absolute atomic E-state index is 0.196. The molecule has 0 saturated heterocycles. The van der Waals surface area contributed by atoms with Crippen LogP contribution in [0.25, 0.3) is 17.5 Å². The van der Waals surface area contributed by atoms with Crippen LogP contribution in [0.5, 0.6) is 17.2 Å². The van der Waals surface area contributed by atoms with Crippen molar-refractivity contribution in [1.29, 1.82) is 0 Å². The number of halogens is 1. The van der Waals surface area contributed by atoms with Gasteiger partial charge >= 0.3 is 0 Å². The van der Waals surface area contributed by atoms with E-state index in [-0.39, 0.29) is 12.1 Å². The lowest BCUT2D eigenvalue weighted by molar-refractivity contribution is 0.324. The number of rotatable bonds is 7. The van der Waals surface area contributed by atoms with Crippen LogP contribution in [0.15, 0.2) is 46.3 Å². The molecule has 2 aromatic carbocycles. The number of hydrogen-bond acceptors (Lipinski definition) is 7. The van der Waals surface area contributed by atoms with E-state index in [2.05, 4.69) is 20.6 Å².